The highest BCUT2D eigenvalue weighted by Crippen LogP contribution is 2.25. The van der Waals surface area contributed by atoms with Crippen molar-refractivity contribution in [2.75, 3.05) is 26.7 Å². The van der Waals surface area contributed by atoms with Gasteiger partial charge in [-0.3, -0.25) is 0 Å². The summed E-state index contributed by atoms with van der Waals surface area (Å²) in [5, 5.41) is 3.74. The predicted molar refractivity (Wildman–Crippen MR) is 67.9 cm³/mol. The number of benzene rings is 1. The number of hydrogen-bond donors (Lipinski definition) is 1. The lowest BCUT2D eigenvalue weighted by Gasteiger charge is -2.29. The van der Waals surface area contributed by atoms with E-state index in [9.17, 15) is 0 Å². The molecule has 2 atom stereocenters. The normalized spacial score (nSPS) is 29.2. The van der Waals surface area contributed by atoms with Crippen molar-refractivity contribution in [2.45, 2.75) is 25.1 Å². The summed E-state index contributed by atoms with van der Waals surface area (Å²) in [6.45, 7) is 3.92. The number of nitrogens with zero attached hydrogens (tertiary/aromatic N) is 1. The molecule has 1 fully saturated rings. The lowest BCUT2D eigenvalue weighted by atomic mass is 9.98. The Morgan fingerprint density at radius 2 is 2.24 bits per heavy atom. The van der Waals surface area contributed by atoms with Gasteiger partial charge in [0.1, 0.15) is 0 Å². The Labute approximate surface area is 103 Å². The molecular weight excluding hydrogens is 212 g/mol. The molecule has 0 saturated carbocycles. The summed E-state index contributed by atoms with van der Waals surface area (Å²) in [4.78, 5) is 2.38. The molecule has 0 aromatic heterocycles. The molecule has 3 heteroatoms. The highest BCUT2D eigenvalue weighted by molar-refractivity contribution is 5.31. The van der Waals surface area contributed by atoms with E-state index in [4.69, 9.17) is 4.74 Å². The molecule has 0 spiro atoms. The van der Waals surface area contributed by atoms with Gasteiger partial charge in [0.05, 0.1) is 19.3 Å². The molecule has 92 valence electrons. The molecule has 1 N–H and O–H groups in total. The quantitative estimate of drug-likeness (QED) is 0.837. The average Bonchev–Trinajstić information content (AvgIpc) is 2.75. The summed E-state index contributed by atoms with van der Waals surface area (Å²) in [6.07, 6.45) is 1.25. The summed E-state index contributed by atoms with van der Waals surface area (Å²) >= 11 is 0. The van der Waals surface area contributed by atoms with Gasteiger partial charge in [-0.25, -0.2) is 0 Å². The van der Waals surface area contributed by atoms with E-state index in [1.54, 1.807) is 0 Å². The first kappa shape index (κ1) is 11.2. The Morgan fingerprint density at radius 1 is 1.35 bits per heavy atom. The maximum absolute atomic E-state index is 5.67. The van der Waals surface area contributed by atoms with Crippen molar-refractivity contribution in [3.8, 4) is 0 Å². The molecule has 0 radical (unpaired) electrons. The summed E-state index contributed by atoms with van der Waals surface area (Å²) in [5.41, 5.74) is 2.76. The maximum Gasteiger partial charge on any atom is 0.0721 e. The van der Waals surface area contributed by atoms with E-state index in [1.807, 2.05) is 0 Å². The van der Waals surface area contributed by atoms with Crippen LogP contribution in [0.3, 0.4) is 0 Å². The maximum atomic E-state index is 5.67. The van der Waals surface area contributed by atoms with Crippen LogP contribution >= 0.6 is 0 Å². The van der Waals surface area contributed by atoms with Gasteiger partial charge in [0.25, 0.3) is 0 Å². The van der Waals surface area contributed by atoms with Gasteiger partial charge < -0.3 is 15.0 Å². The molecular formula is C14H20N2O. The standard InChI is InChI=1S/C14H20N2O/c1-16-7-6-12(8-16)15-14-10-17-9-11-4-2-3-5-13(11)14/h2-5,12,14-15H,6-10H2,1H3. The van der Waals surface area contributed by atoms with E-state index in [0.717, 1.165) is 19.8 Å². The number of nitrogens with one attached hydrogen (secondary N) is 1. The number of ether oxygens (including phenoxy) is 1. The summed E-state index contributed by atoms with van der Waals surface area (Å²) in [6, 6.07) is 9.60. The molecule has 1 aromatic rings. The second-order valence-corrected chi connectivity index (χ2v) is 5.18. The van der Waals surface area contributed by atoms with Crippen LogP contribution in [0.5, 0.6) is 0 Å². The Balaban J connectivity index is 1.72. The lowest BCUT2D eigenvalue weighted by molar-refractivity contribution is 0.0787. The van der Waals surface area contributed by atoms with Crippen molar-refractivity contribution < 1.29 is 4.74 Å². The first-order valence-electron chi connectivity index (χ1n) is 6.43. The third-order valence-corrected chi connectivity index (χ3v) is 3.80. The van der Waals surface area contributed by atoms with Crippen LogP contribution in [0.25, 0.3) is 0 Å². The zero-order valence-electron chi connectivity index (χ0n) is 10.4. The smallest absolute Gasteiger partial charge is 0.0721 e. The van der Waals surface area contributed by atoms with Crippen molar-refractivity contribution in [3.63, 3.8) is 0 Å². The average molecular weight is 232 g/mol. The van der Waals surface area contributed by atoms with Crippen LogP contribution in [0, 0.1) is 0 Å². The zero-order chi connectivity index (χ0) is 11.7. The fourth-order valence-electron chi connectivity index (χ4n) is 2.88. The second kappa shape index (κ2) is 4.77. The van der Waals surface area contributed by atoms with E-state index in [1.165, 1.54) is 24.1 Å². The Hall–Kier alpha value is -0.900. The van der Waals surface area contributed by atoms with Crippen LogP contribution in [0.4, 0.5) is 0 Å². The predicted octanol–water partition coefficient (Wildman–Crippen LogP) is 1.55. The van der Waals surface area contributed by atoms with Gasteiger partial charge in [-0.15, -0.1) is 0 Å². The number of likely N-dealkylation sites (N-methyl/N-ethyl adjacent to an activating group) is 1. The molecule has 0 bridgehead atoms. The minimum absolute atomic E-state index is 0.372. The van der Waals surface area contributed by atoms with Crippen LogP contribution < -0.4 is 5.32 Å². The van der Waals surface area contributed by atoms with Crippen molar-refractivity contribution >= 4 is 0 Å². The first-order chi connectivity index (χ1) is 8.33. The summed E-state index contributed by atoms with van der Waals surface area (Å²) < 4.78 is 5.67. The number of rotatable bonds is 2. The minimum Gasteiger partial charge on any atom is -0.375 e. The molecule has 2 unspecified atom stereocenters. The van der Waals surface area contributed by atoms with Crippen LogP contribution in [0.15, 0.2) is 24.3 Å². The highest BCUT2D eigenvalue weighted by Gasteiger charge is 2.26. The van der Waals surface area contributed by atoms with Crippen molar-refractivity contribution in [3.05, 3.63) is 35.4 Å². The number of fused-ring (bicyclic) bond motifs is 1. The van der Waals surface area contributed by atoms with Crippen molar-refractivity contribution in [2.24, 2.45) is 0 Å². The molecule has 0 aliphatic carbocycles. The van der Waals surface area contributed by atoms with Gasteiger partial charge in [0.15, 0.2) is 0 Å². The fourth-order valence-corrected chi connectivity index (χ4v) is 2.88. The van der Waals surface area contributed by atoms with Crippen LogP contribution in [0.2, 0.25) is 0 Å². The number of hydrogen-bond acceptors (Lipinski definition) is 3. The van der Waals surface area contributed by atoms with Gasteiger partial charge in [0.2, 0.25) is 0 Å². The lowest BCUT2D eigenvalue weighted by Crippen LogP contribution is -2.38. The van der Waals surface area contributed by atoms with E-state index < -0.39 is 0 Å². The second-order valence-electron chi connectivity index (χ2n) is 5.18. The third kappa shape index (κ3) is 2.37. The van der Waals surface area contributed by atoms with E-state index in [-0.39, 0.29) is 0 Å². The molecule has 1 aromatic carbocycles. The van der Waals surface area contributed by atoms with E-state index >= 15 is 0 Å². The molecule has 1 saturated heterocycles. The first-order valence-corrected chi connectivity index (χ1v) is 6.43. The Bertz CT molecular complexity index is 394. The van der Waals surface area contributed by atoms with Gasteiger partial charge in [-0.1, -0.05) is 24.3 Å². The molecule has 2 aliphatic heterocycles. The summed E-state index contributed by atoms with van der Waals surface area (Å²) in [5.74, 6) is 0. The largest absolute Gasteiger partial charge is 0.375 e. The monoisotopic (exact) mass is 232 g/mol. The molecule has 3 nitrogen and oxygen atoms in total. The van der Waals surface area contributed by atoms with Crippen LogP contribution in [-0.2, 0) is 11.3 Å². The van der Waals surface area contributed by atoms with E-state index in [2.05, 4.69) is 41.5 Å². The van der Waals surface area contributed by atoms with Gasteiger partial charge in [-0.05, 0) is 31.1 Å². The van der Waals surface area contributed by atoms with Gasteiger partial charge in [0, 0.05) is 12.6 Å². The topological polar surface area (TPSA) is 24.5 Å². The van der Waals surface area contributed by atoms with Crippen molar-refractivity contribution in [1.29, 1.82) is 0 Å². The Kier molecular flexibility index (Phi) is 3.14. The van der Waals surface area contributed by atoms with E-state index in [0.29, 0.717) is 12.1 Å². The third-order valence-electron chi connectivity index (χ3n) is 3.80. The zero-order valence-corrected chi connectivity index (χ0v) is 10.4. The molecule has 2 heterocycles. The van der Waals surface area contributed by atoms with Gasteiger partial charge in [-0.2, -0.15) is 0 Å². The van der Waals surface area contributed by atoms with Crippen LogP contribution in [-0.4, -0.2) is 37.7 Å². The molecule has 17 heavy (non-hydrogen) atoms. The summed E-state index contributed by atoms with van der Waals surface area (Å²) in [7, 11) is 2.19. The van der Waals surface area contributed by atoms with Crippen molar-refractivity contribution in [1.82, 2.24) is 10.2 Å². The minimum atomic E-state index is 0.372. The Morgan fingerprint density at radius 3 is 3.06 bits per heavy atom. The molecule has 3 rings (SSSR count). The SMILES string of the molecule is CN1CCC(NC2COCc3ccccc32)C1. The fraction of sp³-hybridized carbons (Fsp3) is 0.571. The molecule has 2 aliphatic rings. The molecule has 0 amide bonds. The highest BCUT2D eigenvalue weighted by atomic mass is 16.5. The van der Waals surface area contributed by atoms with Crippen LogP contribution in [0.1, 0.15) is 23.6 Å². The number of likely N-dealkylation sites (tertiary alicyclic amines) is 1. The van der Waals surface area contributed by atoms with Gasteiger partial charge >= 0.3 is 0 Å².